The molecule has 0 saturated carbocycles. The molecule has 0 unspecified atom stereocenters. The fraction of sp³-hybridized carbons (Fsp3) is 0.148. The smallest absolute Gasteiger partial charge is 0.256 e. The Labute approximate surface area is 203 Å². The number of carbonyl (C=O) groups is 1. The van der Waals surface area contributed by atoms with Crippen LogP contribution < -0.4 is 15.5 Å². The van der Waals surface area contributed by atoms with Crippen molar-refractivity contribution >= 4 is 51.3 Å². The second-order valence-electron chi connectivity index (χ2n) is 8.08. The number of piperazine rings is 1. The van der Waals surface area contributed by atoms with Crippen molar-refractivity contribution in [3.8, 4) is 11.1 Å². The number of rotatable bonds is 4. The van der Waals surface area contributed by atoms with Crippen LogP contribution in [0.15, 0.2) is 78.9 Å². The molecule has 4 aromatic carbocycles. The lowest BCUT2D eigenvalue weighted by atomic mass is 10.0. The third kappa shape index (κ3) is 4.55. The van der Waals surface area contributed by atoms with E-state index in [0.29, 0.717) is 15.6 Å². The second-order valence-corrected chi connectivity index (χ2v) is 8.89. The molecule has 1 saturated heterocycles. The van der Waals surface area contributed by atoms with Gasteiger partial charge in [0, 0.05) is 31.7 Å². The molecule has 0 radical (unpaired) electrons. The molecule has 2 N–H and O–H groups in total. The molecule has 33 heavy (non-hydrogen) atoms. The summed E-state index contributed by atoms with van der Waals surface area (Å²) in [4.78, 5) is 15.7. The first kappa shape index (κ1) is 21.8. The summed E-state index contributed by atoms with van der Waals surface area (Å²) in [6.45, 7) is 3.57. The molecule has 4 aromatic rings. The van der Waals surface area contributed by atoms with Gasteiger partial charge in [0.25, 0.3) is 5.91 Å². The minimum Gasteiger partial charge on any atom is -0.367 e. The highest BCUT2D eigenvalue weighted by molar-refractivity contribution is 6.42. The lowest BCUT2D eigenvalue weighted by Gasteiger charge is -2.31. The van der Waals surface area contributed by atoms with Crippen LogP contribution in [0.1, 0.15) is 10.4 Å². The first-order valence-corrected chi connectivity index (χ1v) is 11.7. The standard InChI is InChI=1S/C27H23Cl2N3O/c28-23-10-8-19(16-24(23)29)20-9-11-26(32-14-12-30-13-15-32)25(17-20)31-27(33)22-7-3-5-18-4-1-2-6-21(18)22/h1-11,16-17,30H,12-15H2,(H,31,33). The van der Waals surface area contributed by atoms with Crippen LogP contribution in [0, 0.1) is 0 Å². The molecule has 0 aromatic heterocycles. The Kier molecular flexibility index (Phi) is 6.23. The van der Waals surface area contributed by atoms with Gasteiger partial charge in [0.05, 0.1) is 21.4 Å². The van der Waals surface area contributed by atoms with Crippen molar-refractivity contribution in [1.29, 1.82) is 0 Å². The average molecular weight is 476 g/mol. The van der Waals surface area contributed by atoms with Crippen molar-refractivity contribution in [2.45, 2.75) is 0 Å². The quantitative estimate of drug-likeness (QED) is 0.355. The van der Waals surface area contributed by atoms with Crippen LogP contribution in [-0.2, 0) is 0 Å². The number of anilines is 2. The van der Waals surface area contributed by atoms with Crippen LogP contribution in [0.5, 0.6) is 0 Å². The summed E-state index contributed by atoms with van der Waals surface area (Å²) in [6.07, 6.45) is 0. The Morgan fingerprint density at radius 1 is 0.818 bits per heavy atom. The monoisotopic (exact) mass is 475 g/mol. The summed E-state index contributed by atoms with van der Waals surface area (Å²) in [7, 11) is 0. The van der Waals surface area contributed by atoms with Gasteiger partial charge in [0.2, 0.25) is 0 Å². The molecule has 0 atom stereocenters. The van der Waals surface area contributed by atoms with Crippen molar-refractivity contribution in [3.05, 3.63) is 94.5 Å². The van der Waals surface area contributed by atoms with Gasteiger partial charge in [-0.15, -0.1) is 0 Å². The van der Waals surface area contributed by atoms with Crippen LogP contribution >= 0.6 is 23.2 Å². The number of fused-ring (bicyclic) bond motifs is 1. The summed E-state index contributed by atoms with van der Waals surface area (Å²) in [6, 6.07) is 25.4. The zero-order valence-corrected chi connectivity index (χ0v) is 19.5. The van der Waals surface area contributed by atoms with Crippen molar-refractivity contribution in [2.75, 3.05) is 36.4 Å². The average Bonchev–Trinajstić information content (AvgIpc) is 2.86. The van der Waals surface area contributed by atoms with Gasteiger partial charge in [0.1, 0.15) is 0 Å². The number of benzene rings is 4. The second kappa shape index (κ2) is 9.44. The minimum atomic E-state index is -0.130. The van der Waals surface area contributed by atoms with Crippen LogP contribution in [0.4, 0.5) is 11.4 Å². The molecule has 166 valence electrons. The van der Waals surface area contributed by atoms with Crippen LogP contribution in [0.3, 0.4) is 0 Å². The molecule has 1 aliphatic heterocycles. The first-order valence-electron chi connectivity index (χ1n) is 10.9. The van der Waals surface area contributed by atoms with E-state index < -0.39 is 0 Å². The van der Waals surface area contributed by atoms with E-state index in [1.807, 2.05) is 60.7 Å². The molecular formula is C27H23Cl2N3O. The molecule has 5 rings (SSSR count). The number of hydrogen-bond acceptors (Lipinski definition) is 3. The summed E-state index contributed by atoms with van der Waals surface area (Å²) >= 11 is 12.4. The molecular weight excluding hydrogens is 453 g/mol. The highest BCUT2D eigenvalue weighted by atomic mass is 35.5. The van der Waals surface area contributed by atoms with Gasteiger partial charge in [-0.1, -0.05) is 71.7 Å². The Morgan fingerprint density at radius 2 is 1.55 bits per heavy atom. The summed E-state index contributed by atoms with van der Waals surface area (Å²) < 4.78 is 0. The van der Waals surface area contributed by atoms with Crippen molar-refractivity contribution < 1.29 is 4.79 Å². The van der Waals surface area contributed by atoms with Gasteiger partial charge in [-0.2, -0.15) is 0 Å². The summed E-state index contributed by atoms with van der Waals surface area (Å²) in [5, 5.41) is 9.56. The number of halogens is 2. The first-order chi connectivity index (χ1) is 16.1. The lowest BCUT2D eigenvalue weighted by Crippen LogP contribution is -2.43. The molecule has 6 heteroatoms. The number of carbonyl (C=O) groups excluding carboxylic acids is 1. The lowest BCUT2D eigenvalue weighted by molar-refractivity contribution is 0.102. The third-order valence-corrected chi connectivity index (χ3v) is 6.73. The van der Waals surface area contributed by atoms with Crippen molar-refractivity contribution in [1.82, 2.24) is 5.32 Å². The van der Waals surface area contributed by atoms with E-state index in [9.17, 15) is 4.79 Å². The van der Waals surface area contributed by atoms with E-state index in [-0.39, 0.29) is 5.91 Å². The summed E-state index contributed by atoms with van der Waals surface area (Å²) in [5.41, 5.74) is 4.34. The normalized spacial score (nSPS) is 13.8. The molecule has 0 aliphatic carbocycles. The number of hydrogen-bond donors (Lipinski definition) is 2. The van der Waals surface area contributed by atoms with Crippen LogP contribution in [0.25, 0.3) is 21.9 Å². The topological polar surface area (TPSA) is 44.4 Å². The molecule has 0 bridgehead atoms. The maximum absolute atomic E-state index is 13.4. The van der Waals surface area contributed by atoms with Gasteiger partial charge in [-0.05, 0) is 52.2 Å². The number of nitrogens with one attached hydrogen (secondary N) is 2. The third-order valence-electron chi connectivity index (χ3n) is 5.99. The van der Waals surface area contributed by atoms with Crippen LogP contribution in [-0.4, -0.2) is 32.1 Å². The van der Waals surface area contributed by atoms with E-state index >= 15 is 0 Å². The van der Waals surface area contributed by atoms with Gasteiger partial charge in [-0.25, -0.2) is 0 Å². The van der Waals surface area contributed by atoms with Crippen molar-refractivity contribution in [3.63, 3.8) is 0 Å². The van der Waals surface area contributed by atoms with E-state index in [2.05, 4.69) is 27.7 Å². The SMILES string of the molecule is O=C(Nc1cc(-c2ccc(Cl)c(Cl)c2)ccc1N1CCNCC1)c1cccc2ccccc12. The Balaban J connectivity index is 1.55. The molecule has 4 nitrogen and oxygen atoms in total. The van der Waals surface area contributed by atoms with E-state index in [0.717, 1.165) is 59.5 Å². The molecule has 1 amide bonds. The molecule has 1 aliphatic rings. The fourth-order valence-electron chi connectivity index (χ4n) is 4.29. The predicted molar refractivity (Wildman–Crippen MR) is 139 cm³/mol. The van der Waals surface area contributed by atoms with E-state index in [1.165, 1.54) is 0 Å². The number of amides is 1. The summed E-state index contributed by atoms with van der Waals surface area (Å²) in [5.74, 6) is -0.130. The molecule has 0 spiro atoms. The van der Waals surface area contributed by atoms with Gasteiger partial charge in [0.15, 0.2) is 0 Å². The largest absolute Gasteiger partial charge is 0.367 e. The fourth-order valence-corrected chi connectivity index (χ4v) is 4.58. The van der Waals surface area contributed by atoms with Gasteiger partial charge < -0.3 is 15.5 Å². The minimum absolute atomic E-state index is 0.130. The Hall–Kier alpha value is -3.05. The maximum atomic E-state index is 13.4. The van der Waals surface area contributed by atoms with E-state index in [1.54, 1.807) is 6.07 Å². The highest BCUT2D eigenvalue weighted by Gasteiger charge is 2.18. The molecule has 1 fully saturated rings. The zero-order valence-electron chi connectivity index (χ0n) is 17.9. The van der Waals surface area contributed by atoms with Gasteiger partial charge in [-0.3, -0.25) is 4.79 Å². The Bertz CT molecular complexity index is 1330. The van der Waals surface area contributed by atoms with Gasteiger partial charge >= 0.3 is 0 Å². The highest BCUT2D eigenvalue weighted by Crippen LogP contribution is 2.35. The predicted octanol–water partition coefficient (Wildman–Crippen LogP) is 6.48. The molecule has 1 heterocycles. The number of nitrogens with zero attached hydrogens (tertiary/aromatic N) is 1. The maximum Gasteiger partial charge on any atom is 0.256 e. The van der Waals surface area contributed by atoms with Crippen molar-refractivity contribution in [2.24, 2.45) is 0 Å². The van der Waals surface area contributed by atoms with E-state index in [4.69, 9.17) is 23.2 Å². The Morgan fingerprint density at radius 3 is 2.36 bits per heavy atom. The zero-order chi connectivity index (χ0) is 22.8. The van der Waals surface area contributed by atoms with Crippen LogP contribution in [0.2, 0.25) is 10.0 Å².